The highest BCUT2D eigenvalue weighted by atomic mass is 16.5. The van der Waals surface area contributed by atoms with Crippen molar-refractivity contribution in [2.75, 3.05) is 12.4 Å². The van der Waals surface area contributed by atoms with Gasteiger partial charge in [-0.1, -0.05) is 30.3 Å². The number of anilines is 1. The number of hydrogen-bond donors (Lipinski definition) is 1. The van der Waals surface area contributed by atoms with Crippen molar-refractivity contribution in [2.24, 2.45) is 0 Å². The molecule has 0 aliphatic carbocycles. The number of aryl methyl sites for hydroxylation is 1. The van der Waals surface area contributed by atoms with Gasteiger partial charge in [0.1, 0.15) is 0 Å². The van der Waals surface area contributed by atoms with Gasteiger partial charge >= 0.3 is 0 Å². The predicted octanol–water partition coefficient (Wildman–Crippen LogP) is 3.71. The summed E-state index contributed by atoms with van der Waals surface area (Å²) < 4.78 is 5.00. The first-order valence-electron chi connectivity index (χ1n) is 7.52. The fraction of sp³-hybridized carbons (Fsp3) is 0.105. The molecule has 24 heavy (non-hydrogen) atoms. The van der Waals surface area contributed by atoms with E-state index in [-0.39, 0.29) is 5.91 Å². The Balaban J connectivity index is 1.80. The predicted molar refractivity (Wildman–Crippen MR) is 93.2 cm³/mol. The van der Waals surface area contributed by atoms with E-state index in [2.05, 4.69) is 15.3 Å². The normalized spacial score (nSPS) is 10.2. The number of carbonyl (C=O) groups is 1. The topological polar surface area (TPSA) is 64.1 Å². The Hall–Kier alpha value is -3.21. The van der Waals surface area contributed by atoms with Crippen LogP contribution in [0.1, 0.15) is 16.1 Å². The molecule has 0 bridgehead atoms. The van der Waals surface area contributed by atoms with Crippen molar-refractivity contribution in [3.8, 4) is 17.1 Å². The summed E-state index contributed by atoms with van der Waals surface area (Å²) in [6.07, 6.45) is 1.55. The van der Waals surface area contributed by atoms with Crippen LogP contribution in [0, 0.1) is 6.92 Å². The second kappa shape index (κ2) is 6.91. The number of pyridine rings is 2. The summed E-state index contributed by atoms with van der Waals surface area (Å²) in [5, 5.41) is 2.81. The first kappa shape index (κ1) is 15.7. The minimum atomic E-state index is -0.216. The number of hydrogen-bond acceptors (Lipinski definition) is 4. The highest BCUT2D eigenvalue weighted by molar-refractivity contribution is 6.05. The first-order valence-corrected chi connectivity index (χ1v) is 7.52. The smallest absolute Gasteiger partial charge is 0.257 e. The molecule has 0 aliphatic rings. The molecule has 2 heterocycles. The lowest BCUT2D eigenvalue weighted by Gasteiger charge is -2.09. The van der Waals surface area contributed by atoms with Crippen LogP contribution in [-0.4, -0.2) is 23.0 Å². The molecular weight excluding hydrogens is 302 g/mol. The minimum Gasteiger partial charge on any atom is -0.481 e. The highest BCUT2D eigenvalue weighted by Gasteiger charge is 2.12. The lowest BCUT2D eigenvalue weighted by Crippen LogP contribution is -2.14. The Morgan fingerprint density at radius 3 is 2.46 bits per heavy atom. The third-order valence-electron chi connectivity index (χ3n) is 3.60. The molecule has 0 fully saturated rings. The molecule has 3 rings (SSSR count). The number of amides is 1. The number of methoxy groups -OCH3 is 1. The van der Waals surface area contributed by atoms with Crippen LogP contribution in [0.4, 0.5) is 5.69 Å². The Kier molecular flexibility index (Phi) is 4.52. The van der Waals surface area contributed by atoms with Crippen LogP contribution in [0.5, 0.6) is 5.88 Å². The van der Waals surface area contributed by atoms with Crippen LogP contribution in [0.2, 0.25) is 0 Å². The van der Waals surface area contributed by atoms with E-state index in [1.54, 1.807) is 31.5 Å². The van der Waals surface area contributed by atoms with Crippen LogP contribution in [-0.2, 0) is 0 Å². The molecule has 5 nitrogen and oxygen atoms in total. The van der Waals surface area contributed by atoms with Crippen molar-refractivity contribution in [1.82, 2.24) is 9.97 Å². The third kappa shape index (κ3) is 3.41. The van der Waals surface area contributed by atoms with Gasteiger partial charge in [-0.15, -0.1) is 0 Å². The van der Waals surface area contributed by atoms with Gasteiger partial charge in [0.25, 0.3) is 5.91 Å². The SMILES string of the molecule is COc1ccc(NC(=O)c2ccc(-c3ccccc3)nc2C)cn1. The molecule has 0 radical (unpaired) electrons. The Morgan fingerprint density at radius 1 is 1.04 bits per heavy atom. The van der Waals surface area contributed by atoms with Gasteiger partial charge in [-0.3, -0.25) is 9.78 Å². The number of benzene rings is 1. The second-order valence-electron chi connectivity index (χ2n) is 5.24. The van der Waals surface area contributed by atoms with E-state index in [0.717, 1.165) is 11.3 Å². The highest BCUT2D eigenvalue weighted by Crippen LogP contribution is 2.19. The molecule has 0 spiro atoms. The standard InChI is InChI=1S/C19H17N3O2/c1-13-16(9-10-17(21-13)14-6-4-3-5-7-14)19(23)22-15-8-11-18(24-2)20-12-15/h3-12H,1-2H3,(H,22,23). The van der Waals surface area contributed by atoms with E-state index in [0.29, 0.717) is 22.8 Å². The molecule has 5 heteroatoms. The average Bonchev–Trinajstić information content (AvgIpc) is 2.63. The number of nitrogens with zero attached hydrogens (tertiary/aromatic N) is 2. The summed E-state index contributed by atoms with van der Waals surface area (Å²) in [4.78, 5) is 21.0. The van der Waals surface area contributed by atoms with Crippen molar-refractivity contribution in [1.29, 1.82) is 0 Å². The van der Waals surface area contributed by atoms with Crippen molar-refractivity contribution in [3.05, 3.63) is 72.1 Å². The largest absolute Gasteiger partial charge is 0.481 e. The van der Waals surface area contributed by atoms with Gasteiger partial charge in [0.2, 0.25) is 5.88 Å². The summed E-state index contributed by atoms with van der Waals surface area (Å²) in [5.74, 6) is 0.282. The summed E-state index contributed by atoms with van der Waals surface area (Å²) in [6.45, 7) is 1.83. The van der Waals surface area contributed by atoms with Gasteiger partial charge < -0.3 is 10.1 Å². The molecule has 2 aromatic heterocycles. The number of nitrogens with one attached hydrogen (secondary N) is 1. The monoisotopic (exact) mass is 319 g/mol. The van der Waals surface area contributed by atoms with E-state index in [1.807, 2.05) is 43.3 Å². The van der Waals surface area contributed by atoms with Crippen LogP contribution in [0.25, 0.3) is 11.3 Å². The molecule has 120 valence electrons. The lowest BCUT2D eigenvalue weighted by atomic mass is 10.1. The summed E-state index contributed by atoms with van der Waals surface area (Å²) >= 11 is 0. The van der Waals surface area contributed by atoms with Crippen LogP contribution >= 0.6 is 0 Å². The van der Waals surface area contributed by atoms with Crippen LogP contribution < -0.4 is 10.1 Å². The van der Waals surface area contributed by atoms with Crippen molar-refractivity contribution in [2.45, 2.75) is 6.92 Å². The van der Waals surface area contributed by atoms with Gasteiger partial charge in [-0.05, 0) is 25.1 Å². The molecule has 0 unspecified atom stereocenters. The van der Waals surface area contributed by atoms with E-state index < -0.39 is 0 Å². The van der Waals surface area contributed by atoms with Gasteiger partial charge in [0.15, 0.2) is 0 Å². The zero-order chi connectivity index (χ0) is 16.9. The van der Waals surface area contributed by atoms with Crippen LogP contribution in [0.15, 0.2) is 60.8 Å². The summed E-state index contributed by atoms with van der Waals surface area (Å²) in [7, 11) is 1.55. The van der Waals surface area contributed by atoms with Crippen molar-refractivity contribution < 1.29 is 9.53 Å². The molecule has 3 aromatic rings. The summed E-state index contributed by atoms with van der Waals surface area (Å²) in [5.41, 5.74) is 3.68. The average molecular weight is 319 g/mol. The molecular formula is C19H17N3O2. The lowest BCUT2D eigenvalue weighted by molar-refractivity contribution is 0.102. The number of ether oxygens (including phenoxy) is 1. The zero-order valence-corrected chi connectivity index (χ0v) is 13.5. The molecule has 1 amide bonds. The van der Waals surface area contributed by atoms with Gasteiger partial charge in [-0.25, -0.2) is 4.98 Å². The summed E-state index contributed by atoms with van der Waals surface area (Å²) in [6, 6.07) is 16.9. The van der Waals surface area contributed by atoms with Gasteiger partial charge in [0.05, 0.1) is 35.9 Å². The maximum absolute atomic E-state index is 12.4. The third-order valence-corrected chi connectivity index (χ3v) is 3.60. The Labute approximate surface area is 140 Å². The van der Waals surface area contributed by atoms with Crippen molar-refractivity contribution >= 4 is 11.6 Å². The number of aromatic nitrogens is 2. The quantitative estimate of drug-likeness (QED) is 0.796. The van der Waals surface area contributed by atoms with Gasteiger partial charge in [-0.2, -0.15) is 0 Å². The maximum Gasteiger partial charge on any atom is 0.257 e. The Morgan fingerprint density at radius 2 is 1.83 bits per heavy atom. The maximum atomic E-state index is 12.4. The first-order chi connectivity index (χ1) is 11.7. The number of rotatable bonds is 4. The van der Waals surface area contributed by atoms with Crippen molar-refractivity contribution in [3.63, 3.8) is 0 Å². The fourth-order valence-corrected chi connectivity index (χ4v) is 2.34. The zero-order valence-electron chi connectivity index (χ0n) is 13.5. The number of carbonyl (C=O) groups excluding carboxylic acids is 1. The Bertz CT molecular complexity index is 846. The van der Waals surface area contributed by atoms with Gasteiger partial charge in [0, 0.05) is 11.6 Å². The van der Waals surface area contributed by atoms with Crippen LogP contribution in [0.3, 0.4) is 0 Å². The van der Waals surface area contributed by atoms with E-state index >= 15 is 0 Å². The molecule has 0 atom stereocenters. The molecule has 1 N–H and O–H groups in total. The minimum absolute atomic E-state index is 0.216. The second-order valence-corrected chi connectivity index (χ2v) is 5.24. The molecule has 0 saturated heterocycles. The van der Waals surface area contributed by atoms with E-state index in [1.165, 1.54) is 0 Å². The van der Waals surface area contributed by atoms with E-state index in [9.17, 15) is 4.79 Å². The van der Waals surface area contributed by atoms with E-state index in [4.69, 9.17) is 4.74 Å². The molecule has 0 saturated carbocycles. The fourth-order valence-electron chi connectivity index (χ4n) is 2.34. The molecule has 0 aliphatic heterocycles. The molecule has 1 aromatic carbocycles.